The van der Waals surface area contributed by atoms with Gasteiger partial charge in [0.15, 0.2) is 0 Å². The molecule has 0 atom stereocenters. The molecule has 5 nitrogen and oxygen atoms in total. The molecule has 128 valence electrons. The summed E-state index contributed by atoms with van der Waals surface area (Å²) in [5, 5.41) is 13.0. The van der Waals surface area contributed by atoms with Gasteiger partial charge in [0.05, 0.1) is 6.26 Å². The Morgan fingerprint density at radius 2 is 1.96 bits per heavy atom. The molecule has 0 saturated heterocycles. The highest BCUT2D eigenvalue weighted by Crippen LogP contribution is 2.19. The quantitative estimate of drug-likeness (QED) is 0.268. The smallest absolute Gasteiger partial charge is 0.267 e. The molecular weight excluding hydrogens is 316 g/mol. The highest BCUT2D eigenvalue weighted by atomic mass is 16.5. The van der Waals surface area contributed by atoms with Gasteiger partial charge in [-0.05, 0) is 41.8 Å². The Morgan fingerprint density at radius 1 is 1.12 bits per heavy atom. The van der Waals surface area contributed by atoms with E-state index in [0.29, 0.717) is 0 Å². The van der Waals surface area contributed by atoms with Gasteiger partial charge in [-0.3, -0.25) is 10.0 Å². The van der Waals surface area contributed by atoms with Crippen LogP contribution in [0.15, 0.2) is 65.3 Å². The minimum Gasteiger partial charge on any atom is -0.464 e. The first kappa shape index (κ1) is 17.0. The van der Waals surface area contributed by atoms with E-state index in [1.165, 1.54) is 17.2 Å². The molecule has 3 aromatic rings. The van der Waals surface area contributed by atoms with Crippen LogP contribution in [0.1, 0.15) is 16.7 Å². The summed E-state index contributed by atoms with van der Waals surface area (Å²) in [6.45, 7) is 1.63. The summed E-state index contributed by atoms with van der Waals surface area (Å²) in [6, 6.07) is 16.1. The maximum absolute atomic E-state index is 10.9. The molecule has 0 bridgehead atoms. The molecule has 0 aliphatic carbocycles. The number of hydrogen-bond donors (Lipinski definition) is 3. The van der Waals surface area contributed by atoms with Gasteiger partial charge in [0.2, 0.25) is 0 Å². The van der Waals surface area contributed by atoms with E-state index in [2.05, 4.69) is 23.5 Å². The lowest BCUT2D eigenvalue weighted by molar-refractivity contribution is -0.124. The van der Waals surface area contributed by atoms with Crippen molar-refractivity contribution in [3.63, 3.8) is 0 Å². The SMILES string of the molecule is O=C(/C=C/c1ccc(CNCCc2cccc3ccoc23)cc1)NO. The van der Waals surface area contributed by atoms with Crippen LogP contribution in [0.2, 0.25) is 0 Å². The number of nitrogens with one attached hydrogen (secondary N) is 2. The first-order valence-electron chi connectivity index (χ1n) is 8.13. The van der Waals surface area contributed by atoms with Crippen molar-refractivity contribution in [2.24, 2.45) is 0 Å². The third kappa shape index (κ3) is 4.56. The van der Waals surface area contributed by atoms with Crippen molar-refractivity contribution in [3.05, 3.63) is 77.6 Å². The van der Waals surface area contributed by atoms with Crippen molar-refractivity contribution in [2.45, 2.75) is 13.0 Å². The number of carbonyl (C=O) groups excluding carboxylic acids is 1. The fourth-order valence-corrected chi connectivity index (χ4v) is 2.66. The molecule has 0 aliphatic heterocycles. The molecule has 0 fully saturated rings. The molecule has 1 aromatic heterocycles. The van der Waals surface area contributed by atoms with Crippen molar-refractivity contribution in [1.82, 2.24) is 10.8 Å². The van der Waals surface area contributed by atoms with Gasteiger partial charge < -0.3 is 9.73 Å². The lowest BCUT2D eigenvalue weighted by Gasteiger charge is -2.06. The first-order chi connectivity index (χ1) is 12.3. The number of furan rings is 1. The lowest BCUT2D eigenvalue weighted by atomic mass is 10.1. The normalized spacial score (nSPS) is 11.2. The highest BCUT2D eigenvalue weighted by Gasteiger charge is 2.03. The average molecular weight is 336 g/mol. The van der Waals surface area contributed by atoms with Crippen LogP contribution in [0.3, 0.4) is 0 Å². The summed E-state index contributed by atoms with van der Waals surface area (Å²) >= 11 is 0. The van der Waals surface area contributed by atoms with E-state index in [9.17, 15) is 4.79 Å². The van der Waals surface area contributed by atoms with Crippen LogP contribution in [0.5, 0.6) is 0 Å². The van der Waals surface area contributed by atoms with Crippen molar-refractivity contribution < 1.29 is 14.4 Å². The summed E-state index contributed by atoms with van der Waals surface area (Å²) < 4.78 is 5.55. The molecule has 0 unspecified atom stereocenters. The summed E-state index contributed by atoms with van der Waals surface area (Å²) in [7, 11) is 0. The number of benzene rings is 2. The number of amides is 1. The van der Waals surface area contributed by atoms with Gasteiger partial charge in [0, 0.05) is 18.0 Å². The Morgan fingerprint density at radius 3 is 2.76 bits per heavy atom. The van der Waals surface area contributed by atoms with Gasteiger partial charge in [-0.25, -0.2) is 5.48 Å². The van der Waals surface area contributed by atoms with Crippen molar-refractivity contribution in [1.29, 1.82) is 0 Å². The maximum atomic E-state index is 10.9. The molecule has 3 rings (SSSR count). The second kappa shape index (κ2) is 8.28. The molecule has 1 amide bonds. The van der Waals surface area contributed by atoms with Crippen LogP contribution in [0, 0.1) is 0 Å². The Bertz CT molecular complexity index is 866. The average Bonchev–Trinajstić information content (AvgIpc) is 3.13. The predicted molar refractivity (Wildman–Crippen MR) is 97.0 cm³/mol. The Hall–Kier alpha value is -2.89. The summed E-state index contributed by atoms with van der Waals surface area (Å²) in [6.07, 6.45) is 5.55. The van der Waals surface area contributed by atoms with Crippen LogP contribution in [0.4, 0.5) is 0 Å². The fourth-order valence-electron chi connectivity index (χ4n) is 2.66. The Labute approximate surface area is 145 Å². The van der Waals surface area contributed by atoms with Crippen molar-refractivity contribution in [3.8, 4) is 0 Å². The van der Waals surface area contributed by atoms with Gasteiger partial charge in [0.25, 0.3) is 5.91 Å². The van der Waals surface area contributed by atoms with Crippen LogP contribution < -0.4 is 10.8 Å². The van der Waals surface area contributed by atoms with Gasteiger partial charge >= 0.3 is 0 Å². The number of hydrogen-bond acceptors (Lipinski definition) is 4. The first-order valence-corrected chi connectivity index (χ1v) is 8.13. The number of rotatable bonds is 7. The second-order valence-corrected chi connectivity index (χ2v) is 5.73. The third-order valence-electron chi connectivity index (χ3n) is 3.98. The largest absolute Gasteiger partial charge is 0.464 e. The topological polar surface area (TPSA) is 74.5 Å². The number of hydroxylamine groups is 1. The van der Waals surface area contributed by atoms with Crippen LogP contribution in [-0.2, 0) is 17.8 Å². The van der Waals surface area contributed by atoms with Gasteiger partial charge in [-0.1, -0.05) is 42.5 Å². The zero-order valence-electron chi connectivity index (χ0n) is 13.7. The van der Waals surface area contributed by atoms with E-state index in [4.69, 9.17) is 9.62 Å². The van der Waals surface area contributed by atoms with Crippen LogP contribution in [0.25, 0.3) is 17.0 Å². The summed E-state index contributed by atoms with van der Waals surface area (Å²) in [5.74, 6) is -0.544. The molecule has 2 aromatic carbocycles. The molecule has 1 heterocycles. The lowest BCUT2D eigenvalue weighted by Crippen LogP contribution is -2.16. The number of fused-ring (bicyclic) bond motifs is 1. The Balaban J connectivity index is 1.48. The molecule has 0 saturated carbocycles. The highest BCUT2D eigenvalue weighted by molar-refractivity contribution is 5.90. The molecular formula is C20H20N2O3. The van der Waals surface area contributed by atoms with E-state index in [-0.39, 0.29) is 0 Å². The standard InChI is InChI=1S/C20H20N2O3/c23-19(22-24)9-8-15-4-6-16(7-5-15)14-21-12-10-17-2-1-3-18-11-13-25-20(17)18/h1-9,11,13,21,24H,10,12,14H2,(H,22,23)/b9-8+. The predicted octanol–water partition coefficient (Wildman–Crippen LogP) is 3.28. The molecule has 3 N–H and O–H groups in total. The zero-order valence-corrected chi connectivity index (χ0v) is 13.7. The number of para-hydroxylation sites is 1. The molecule has 0 radical (unpaired) electrons. The molecule has 25 heavy (non-hydrogen) atoms. The van der Waals surface area contributed by atoms with Crippen LogP contribution in [-0.4, -0.2) is 17.7 Å². The van der Waals surface area contributed by atoms with Gasteiger partial charge in [-0.15, -0.1) is 0 Å². The monoisotopic (exact) mass is 336 g/mol. The maximum Gasteiger partial charge on any atom is 0.267 e. The van der Waals surface area contributed by atoms with E-state index in [0.717, 1.165) is 36.0 Å². The van der Waals surface area contributed by atoms with E-state index >= 15 is 0 Å². The van der Waals surface area contributed by atoms with E-state index < -0.39 is 5.91 Å². The summed E-state index contributed by atoms with van der Waals surface area (Å²) in [5.41, 5.74) is 5.80. The minimum atomic E-state index is -0.544. The zero-order chi connectivity index (χ0) is 17.5. The van der Waals surface area contributed by atoms with Gasteiger partial charge in [0.1, 0.15) is 5.58 Å². The van der Waals surface area contributed by atoms with Crippen molar-refractivity contribution in [2.75, 3.05) is 6.54 Å². The van der Waals surface area contributed by atoms with E-state index in [1.54, 1.807) is 17.8 Å². The number of carbonyl (C=O) groups is 1. The fraction of sp³-hybridized carbons (Fsp3) is 0.150. The van der Waals surface area contributed by atoms with Gasteiger partial charge in [-0.2, -0.15) is 0 Å². The molecule has 0 spiro atoms. The summed E-state index contributed by atoms with van der Waals surface area (Å²) in [4.78, 5) is 10.9. The Kier molecular flexibility index (Phi) is 5.61. The molecule has 5 heteroatoms. The third-order valence-corrected chi connectivity index (χ3v) is 3.98. The van der Waals surface area contributed by atoms with Crippen molar-refractivity contribution >= 4 is 23.0 Å². The minimum absolute atomic E-state index is 0.544. The molecule has 0 aliphatic rings. The van der Waals surface area contributed by atoms with Crippen LogP contribution >= 0.6 is 0 Å². The van der Waals surface area contributed by atoms with E-state index in [1.807, 2.05) is 30.3 Å². The second-order valence-electron chi connectivity index (χ2n) is 5.73.